The number of likely N-dealkylation sites (N-methyl/N-ethyl adjacent to an activating group) is 1. The van der Waals surface area contributed by atoms with Crippen molar-refractivity contribution in [1.29, 1.82) is 0 Å². The summed E-state index contributed by atoms with van der Waals surface area (Å²) in [6.07, 6.45) is -3.18. The number of carboxylic acid groups (broad SMARTS) is 2. The molecule has 3 N–H and O–H groups in total. The second-order valence-corrected chi connectivity index (χ2v) is 10.4. The summed E-state index contributed by atoms with van der Waals surface area (Å²) in [6, 6.07) is 7.79. The number of aromatic carboxylic acids is 1. The van der Waals surface area contributed by atoms with Crippen molar-refractivity contribution < 1.29 is 41.4 Å². The van der Waals surface area contributed by atoms with Gasteiger partial charge in [-0.2, -0.15) is 18.3 Å². The second kappa shape index (κ2) is 12.8. The summed E-state index contributed by atoms with van der Waals surface area (Å²) in [5.41, 5.74) is 3.98. The standard InChI is InChI=1S/C23H29N5O4S.C2HF3O2/c1-6-28-17(4)20(16(3)25-28)10-11-27(5)22-21(13-18(14-24-22)23(29)30)26-33(31,32)19-9-7-8-15(2)12-19;3-2(4,5)1(6)7/h7-9,12-14,26H,6,10-11H2,1-5H3,(H,29,30);(H,6,7). The molecule has 0 unspecified atom stereocenters. The van der Waals surface area contributed by atoms with Gasteiger partial charge >= 0.3 is 18.1 Å². The third-order valence-corrected chi connectivity index (χ3v) is 7.15. The highest BCUT2D eigenvalue weighted by molar-refractivity contribution is 7.92. The van der Waals surface area contributed by atoms with Gasteiger partial charge in [-0.05, 0) is 63.4 Å². The molecule has 40 heavy (non-hydrogen) atoms. The van der Waals surface area contributed by atoms with Crippen LogP contribution in [0.3, 0.4) is 0 Å². The Hall–Kier alpha value is -4.14. The molecule has 11 nitrogen and oxygen atoms in total. The number of nitrogens with one attached hydrogen (secondary N) is 1. The van der Waals surface area contributed by atoms with Crippen LogP contribution in [0.4, 0.5) is 24.7 Å². The number of pyridine rings is 1. The SMILES string of the molecule is CCn1nc(C)c(CCN(C)c2ncc(C(=O)O)cc2NS(=O)(=O)c2cccc(C)c2)c1C.O=C(O)C(F)(F)F. The van der Waals surface area contributed by atoms with Crippen LogP contribution in [-0.4, -0.2) is 65.1 Å². The number of benzene rings is 1. The molecule has 0 saturated carbocycles. The minimum absolute atomic E-state index is 0.0926. The lowest BCUT2D eigenvalue weighted by Crippen LogP contribution is -2.25. The fraction of sp³-hybridized carbons (Fsp3) is 0.360. The van der Waals surface area contributed by atoms with Crippen molar-refractivity contribution in [2.24, 2.45) is 0 Å². The number of halogens is 3. The van der Waals surface area contributed by atoms with Crippen molar-refractivity contribution in [2.75, 3.05) is 23.2 Å². The summed E-state index contributed by atoms with van der Waals surface area (Å²) in [7, 11) is -2.14. The van der Waals surface area contributed by atoms with Gasteiger partial charge in [-0.3, -0.25) is 9.40 Å². The van der Waals surface area contributed by atoms with E-state index in [9.17, 15) is 31.5 Å². The number of alkyl halides is 3. The van der Waals surface area contributed by atoms with Crippen LogP contribution < -0.4 is 9.62 Å². The molecule has 0 aliphatic heterocycles. The number of hydrogen-bond acceptors (Lipinski definition) is 7. The van der Waals surface area contributed by atoms with Crippen molar-refractivity contribution >= 4 is 33.5 Å². The average molecular weight is 586 g/mol. The predicted molar refractivity (Wildman–Crippen MR) is 141 cm³/mol. The number of anilines is 2. The first-order valence-electron chi connectivity index (χ1n) is 11.8. The third-order valence-electron chi connectivity index (χ3n) is 5.79. The van der Waals surface area contributed by atoms with Crippen LogP contribution in [0.25, 0.3) is 0 Å². The van der Waals surface area contributed by atoms with E-state index in [0.717, 1.165) is 29.1 Å². The average Bonchev–Trinajstić information content (AvgIpc) is 3.14. The van der Waals surface area contributed by atoms with Gasteiger partial charge in [0.05, 0.1) is 21.8 Å². The Morgan fingerprint density at radius 3 is 2.25 bits per heavy atom. The molecule has 218 valence electrons. The maximum Gasteiger partial charge on any atom is 0.490 e. The Balaban J connectivity index is 0.000000708. The van der Waals surface area contributed by atoms with Crippen molar-refractivity contribution in [3.63, 3.8) is 0 Å². The van der Waals surface area contributed by atoms with Crippen molar-refractivity contribution in [2.45, 2.75) is 51.7 Å². The lowest BCUT2D eigenvalue weighted by Gasteiger charge is -2.22. The molecule has 0 aliphatic carbocycles. The first-order valence-corrected chi connectivity index (χ1v) is 13.3. The van der Waals surface area contributed by atoms with E-state index in [1.54, 1.807) is 32.2 Å². The highest BCUT2D eigenvalue weighted by Crippen LogP contribution is 2.27. The molecule has 3 aromatic rings. The smallest absolute Gasteiger partial charge is 0.478 e. The van der Waals surface area contributed by atoms with Gasteiger partial charge in [0.15, 0.2) is 5.82 Å². The third kappa shape index (κ3) is 8.18. The van der Waals surface area contributed by atoms with Gasteiger partial charge in [-0.15, -0.1) is 0 Å². The van der Waals surface area contributed by atoms with Crippen molar-refractivity contribution in [1.82, 2.24) is 14.8 Å². The molecule has 0 fully saturated rings. The zero-order chi connectivity index (χ0) is 30.4. The van der Waals surface area contributed by atoms with Gasteiger partial charge in [-0.25, -0.2) is 23.0 Å². The zero-order valence-electron chi connectivity index (χ0n) is 22.4. The largest absolute Gasteiger partial charge is 0.490 e. The van der Waals surface area contributed by atoms with Gasteiger partial charge in [0.1, 0.15) is 0 Å². The minimum atomic E-state index is -5.08. The highest BCUT2D eigenvalue weighted by Gasteiger charge is 2.38. The van der Waals surface area contributed by atoms with E-state index >= 15 is 0 Å². The van der Waals surface area contributed by atoms with E-state index in [-0.39, 0.29) is 16.1 Å². The maximum atomic E-state index is 13.0. The Kier molecular flexibility index (Phi) is 10.3. The highest BCUT2D eigenvalue weighted by atomic mass is 32.2. The quantitative estimate of drug-likeness (QED) is 0.338. The summed E-state index contributed by atoms with van der Waals surface area (Å²) in [5.74, 6) is -3.60. The monoisotopic (exact) mass is 585 g/mol. The second-order valence-electron chi connectivity index (χ2n) is 8.76. The van der Waals surface area contributed by atoms with Gasteiger partial charge in [-0.1, -0.05) is 12.1 Å². The van der Waals surface area contributed by atoms with E-state index < -0.39 is 28.1 Å². The van der Waals surface area contributed by atoms with Crippen LogP contribution in [0.1, 0.15) is 39.8 Å². The molecule has 15 heteroatoms. The van der Waals surface area contributed by atoms with Crippen LogP contribution in [0.2, 0.25) is 0 Å². The number of aryl methyl sites for hydroxylation is 3. The van der Waals surface area contributed by atoms with Gasteiger partial charge in [0.2, 0.25) is 0 Å². The van der Waals surface area contributed by atoms with E-state index in [1.807, 2.05) is 30.4 Å². The van der Waals surface area contributed by atoms with Gasteiger partial charge in [0, 0.05) is 32.0 Å². The maximum absolute atomic E-state index is 13.0. The molecule has 0 bridgehead atoms. The van der Waals surface area contributed by atoms with E-state index in [1.165, 1.54) is 18.3 Å². The van der Waals surface area contributed by atoms with Crippen LogP contribution in [0.5, 0.6) is 0 Å². The first-order chi connectivity index (χ1) is 18.5. The molecular weight excluding hydrogens is 555 g/mol. The number of rotatable bonds is 9. The Morgan fingerprint density at radius 2 is 1.75 bits per heavy atom. The molecule has 2 heterocycles. The fourth-order valence-corrected chi connectivity index (χ4v) is 4.89. The molecule has 0 aliphatic rings. The lowest BCUT2D eigenvalue weighted by atomic mass is 10.1. The number of nitrogens with zero attached hydrogens (tertiary/aromatic N) is 4. The topological polar surface area (TPSA) is 155 Å². The number of sulfonamides is 1. The van der Waals surface area contributed by atoms with Crippen LogP contribution in [0.15, 0.2) is 41.4 Å². The Labute approximate surface area is 229 Å². The van der Waals surface area contributed by atoms with E-state index in [0.29, 0.717) is 18.8 Å². The van der Waals surface area contributed by atoms with Crippen LogP contribution in [0, 0.1) is 20.8 Å². The molecule has 0 radical (unpaired) electrons. The Morgan fingerprint density at radius 1 is 1.12 bits per heavy atom. The molecule has 0 saturated heterocycles. The first kappa shape index (κ1) is 32.1. The summed E-state index contributed by atoms with van der Waals surface area (Å²) in [4.78, 5) is 26.6. The van der Waals surface area contributed by atoms with Gasteiger partial charge in [0.25, 0.3) is 10.0 Å². The molecule has 0 spiro atoms. The minimum Gasteiger partial charge on any atom is -0.478 e. The summed E-state index contributed by atoms with van der Waals surface area (Å²) >= 11 is 0. The number of aliphatic carboxylic acids is 1. The molecule has 0 amide bonds. The van der Waals surface area contributed by atoms with E-state index in [4.69, 9.17) is 9.90 Å². The van der Waals surface area contributed by atoms with Crippen LogP contribution in [-0.2, 0) is 27.8 Å². The summed E-state index contributed by atoms with van der Waals surface area (Å²) in [6.45, 7) is 9.16. The summed E-state index contributed by atoms with van der Waals surface area (Å²) in [5, 5.41) is 21.1. The van der Waals surface area contributed by atoms with Gasteiger partial charge < -0.3 is 15.1 Å². The molecular formula is C25H30F3N5O6S. The number of aromatic nitrogens is 3. The predicted octanol–water partition coefficient (Wildman–Crippen LogP) is 4.03. The van der Waals surface area contributed by atoms with Crippen LogP contribution >= 0.6 is 0 Å². The number of carboxylic acids is 2. The number of carbonyl (C=O) groups is 2. The van der Waals surface area contributed by atoms with Crippen molar-refractivity contribution in [3.8, 4) is 0 Å². The van der Waals surface area contributed by atoms with E-state index in [2.05, 4.69) is 14.8 Å². The molecule has 0 atom stereocenters. The normalized spacial score (nSPS) is 11.4. The lowest BCUT2D eigenvalue weighted by molar-refractivity contribution is -0.192. The number of hydrogen-bond donors (Lipinski definition) is 3. The molecule has 2 aromatic heterocycles. The zero-order valence-corrected chi connectivity index (χ0v) is 23.3. The molecule has 1 aromatic carbocycles. The fourth-order valence-electron chi connectivity index (χ4n) is 3.73. The Bertz CT molecular complexity index is 1490. The summed E-state index contributed by atoms with van der Waals surface area (Å²) < 4.78 is 62.2. The molecule has 3 rings (SSSR count). The van der Waals surface area contributed by atoms with Crippen molar-refractivity contribution in [3.05, 3.63) is 64.6 Å².